The molecule has 1 aromatic rings. The van der Waals surface area contributed by atoms with E-state index in [1.807, 2.05) is 0 Å². The van der Waals surface area contributed by atoms with Crippen molar-refractivity contribution < 1.29 is 14.7 Å². The Labute approximate surface area is 104 Å². The predicted octanol–water partition coefficient (Wildman–Crippen LogP) is 0.880. The van der Waals surface area contributed by atoms with Gasteiger partial charge in [0, 0.05) is 17.7 Å². The van der Waals surface area contributed by atoms with Crippen LogP contribution in [0.1, 0.15) is 47.8 Å². The molecule has 0 unspecified atom stereocenters. The van der Waals surface area contributed by atoms with Crippen LogP contribution in [0.4, 0.5) is 0 Å². The highest BCUT2D eigenvalue weighted by Gasteiger charge is 2.35. The molecule has 0 spiro atoms. The molecule has 2 saturated carbocycles. The van der Waals surface area contributed by atoms with Gasteiger partial charge in [-0.3, -0.25) is 14.7 Å². The molecule has 18 heavy (non-hydrogen) atoms. The van der Waals surface area contributed by atoms with Crippen LogP contribution in [0.3, 0.4) is 0 Å². The molecule has 2 fully saturated rings. The lowest BCUT2D eigenvalue weighted by atomic mass is 9.80. The third-order valence-corrected chi connectivity index (χ3v) is 3.67. The average Bonchev–Trinajstić information content (AvgIpc) is 3.00. The molecule has 0 aliphatic heterocycles. The molecule has 2 aliphatic rings. The number of aliphatic carboxylic acids is 1. The Morgan fingerprint density at radius 1 is 1.39 bits per heavy atom. The fraction of sp³-hybridized carbons (Fsp3) is 0.583. The van der Waals surface area contributed by atoms with E-state index < -0.39 is 5.97 Å². The van der Waals surface area contributed by atoms with Crippen molar-refractivity contribution in [1.29, 1.82) is 0 Å². The molecular formula is C12H15N3O3. The molecule has 3 rings (SSSR count). The first-order valence-corrected chi connectivity index (χ1v) is 6.22. The molecule has 1 aromatic heterocycles. The van der Waals surface area contributed by atoms with Crippen molar-refractivity contribution in [2.45, 2.75) is 37.6 Å². The number of rotatable bonds is 4. The van der Waals surface area contributed by atoms with Gasteiger partial charge in [0.05, 0.1) is 5.92 Å². The minimum absolute atomic E-state index is 0.0281. The molecule has 6 heteroatoms. The summed E-state index contributed by atoms with van der Waals surface area (Å²) in [6, 6.07) is 1.76. The molecular weight excluding hydrogens is 234 g/mol. The smallest absolute Gasteiger partial charge is 0.306 e. The Morgan fingerprint density at radius 2 is 2.11 bits per heavy atom. The lowest BCUT2D eigenvalue weighted by molar-refractivity contribution is -0.145. The number of aromatic amines is 1. The number of nitrogens with zero attached hydrogens (tertiary/aromatic N) is 1. The second-order valence-electron chi connectivity index (χ2n) is 5.16. The fourth-order valence-corrected chi connectivity index (χ4v) is 2.25. The normalized spacial score (nSPS) is 26.4. The Morgan fingerprint density at radius 3 is 2.72 bits per heavy atom. The zero-order valence-corrected chi connectivity index (χ0v) is 9.85. The maximum absolute atomic E-state index is 11.8. The molecule has 0 atom stereocenters. The molecule has 2 aliphatic carbocycles. The molecule has 3 N–H and O–H groups in total. The van der Waals surface area contributed by atoms with Crippen molar-refractivity contribution in [2.24, 2.45) is 5.92 Å². The van der Waals surface area contributed by atoms with E-state index in [-0.39, 0.29) is 17.9 Å². The second kappa shape index (κ2) is 4.12. The molecule has 6 nitrogen and oxygen atoms in total. The number of carbonyl (C=O) groups is 2. The van der Waals surface area contributed by atoms with Gasteiger partial charge in [0.15, 0.2) is 0 Å². The van der Waals surface area contributed by atoms with Gasteiger partial charge in [-0.15, -0.1) is 0 Å². The van der Waals surface area contributed by atoms with E-state index in [1.165, 1.54) is 0 Å². The lowest BCUT2D eigenvalue weighted by Gasteiger charge is -2.32. The monoisotopic (exact) mass is 249 g/mol. The van der Waals surface area contributed by atoms with Gasteiger partial charge in [-0.25, -0.2) is 0 Å². The first-order chi connectivity index (χ1) is 8.63. The van der Waals surface area contributed by atoms with Crippen molar-refractivity contribution in [2.75, 3.05) is 0 Å². The van der Waals surface area contributed by atoms with Gasteiger partial charge in [-0.05, 0) is 31.7 Å². The SMILES string of the molecule is O=C(NC1CC(C(=O)O)C1)c1cc(C2CC2)[nH]n1. The highest BCUT2D eigenvalue weighted by molar-refractivity contribution is 5.92. The standard InChI is InChI=1S/C12H15N3O3/c16-11(13-8-3-7(4-8)12(17)18)10-5-9(14-15-10)6-1-2-6/h5-8H,1-4H2,(H,13,16)(H,14,15)(H,17,18). The van der Waals surface area contributed by atoms with Crippen molar-refractivity contribution in [1.82, 2.24) is 15.5 Å². The third kappa shape index (κ3) is 2.10. The zero-order chi connectivity index (χ0) is 12.7. The van der Waals surface area contributed by atoms with Crippen LogP contribution >= 0.6 is 0 Å². The average molecular weight is 249 g/mol. The summed E-state index contributed by atoms with van der Waals surface area (Å²) in [6.45, 7) is 0. The molecule has 0 saturated heterocycles. The van der Waals surface area contributed by atoms with Gasteiger partial charge in [0.1, 0.15) is 5.69 Å². The van der Waals surface area contributed by atoms with Crippen LogP contribution < -0.4 is 5.32 Å². The third-order valence-electron chi connectivity index (χ3n) is 3.67. The van der Waals surface area contributed by atoms with Gasteiger partial charge in [-0.2, -0.15) is 5.10 Å². The number of nitrogens with one attached hydrogen (secondary N) is 2. The minimum Gasteiger partial charge on any atom is -0.481 e. The highest BCUT2D eigenvalue weighted by Crippen LogP contribution is 2.39. The summed E-state index contributed by atoms with van der Waals surface area (Å²) < 4.78 is 0. The molecule has 96 valence electrons. The predicted molar refractivity (Wildman–Crippen MR) is 62.2 cm³/mol. The van der Waals surface area contributed by atoms with Crippen molar-refractivity contribution in [3.05, 3.63) is 17.5 Å². The Hall–Kier alpha value is -1.85. The second-order valence-corrected chi connectivity index (χ2v) is 5.16. The van der Waals surface area contributed by atoms with Gasteiger partial charge < -0.3 is 10.4 Å². The number of hydrogen-bond acceptors (Lipinski definition) is 3. The maximum Gasteiger partial charge on any atom is 0.306 e. The van der Waals surface area contributed by atoms with Crippen LogP contribution in [0, 0.1) is 5.92 Å². The van der Waals surface area contributed by atoms with Crippen molar-refractivity contribution in [3.63, 3.8) is 0 Å². The summed E-state index contributed by atoms with van der Waals surface area (Å²) in [5.41, 5.74) is 1.42. The van der Waals surface area contributed by atoms with Gasteiger partial charge in [0.2, 0.25) is 0 Å². The van der Waals surface area contributed by atoms with Crippen molar-refractivity contribution in [3.8, 4) is 0 Å². The number of carboxylic acid groups (broad SMARTS) is 1. The summed E-state index contributed by atoms with van der Waals surface area (Å²) >= 11 is 0. The van der Waals surface area contributed by atoms with E-state index >= 15 is 0 Å². The number of amides is 1. The first kappa shape index (κ1) is 11.3. The Bertz CT molecular complexity index is 487. The number of carbonyl (C=O) groups excluding carboxylic acids is 1. The van der Waals surface area contributed by atoms with E-state index in [9.17, 15) is 9.59 Å². The summed E-state index contributed by atoms with van der Waals surface area (Å²) in [7, 11) is 0. The van der Waals surface area contributed by atoms with E-state index in [0.29, 0.717) is 24.5 Å². The fourth-order valence-electron chi connectivity index (χ4n) is 2.25. The van der Waals surface area contributed by atoms with E-state index in [2.05, 4.69) is 15.5 Å². The number of hydrogen-bond donors (Lipinski definition) is 3. The quantitative estimate of drug-likeness (QED) is 0.738. The molecule has 0 aromatic carbocycles. The lowest BCUT2D eigenvalue weighted by Crippen LogP contribution is -2.46. The van der Waals surface area contributed by atoms with E-state index in [4.69, 9.17) is 5.11 Å². The van der Waals surface area contributed by atoms with Crippen LogP contribution in [0.2, 0.25) is 0 Å². The summed E-state index contributed by atoms with van der Waals surface area (Å²) in [4.78, 5) is 22.5. The van der Waals surface area contributed by atoms with Crippen LogP contribution in [0.5, 0.6) is 0 Å². The molecule has 0 bridgehead atoms. The minimum atomic E-state index is -0.781. The maximum atomic E-state index is 11.8. The Balaban J connectivity index is 1.53. The molecule has 1 amide bonds. The molecule has 1 heterocycles. The number of aromatic nitrogens is 2. The summed E-state index contributed by atoms with van der Waals surface area (Å²) in [5, 5.41) is 18.4. The van der Waals surface area contributed by atoms with Crippen LogP contribution in [-0.4, -0.2) is 33.2 Å². The summed E-state index contributed by atoms with van der Waals surface area (Å²) in [5.74, 6) is -0.765. The van der Waals surface area contributed by atoms with Gasteiger partial charge >= 0.3 is 5.97 Å². The van der Waals surface area contributed by atoms with E-state index in [0.717, 1.165) is 18.5 Å². The highest BCUT2D eigenvalue weighted by atomic mass is 16.4. The van der Waals surface area contributed by atoms with Crippen molar-refractivity contribution >= 4 is 11.9 Å². The van der Waals surface area contributed by atoms with Gasteiger partial charge in [-0.1, -0.05) is 0 Å². The first-order valence-electron chi connectivity index (χ1n) is 6.22. The van der Waals surface area contributed by atoms with Crippen LogP contribution in [0.25, 0.3) is 0 Å². The molecule has 0 radical (unpaired) electrons. The number of carboxylic acids is 1. The topological polar surface area (TPSA) is 95.1 Å². The largest absolute Gasteiger partial charge is 0.481 e. The zero-order valence-electron chi connectivity index (χ0n) is 9.85. The van der Waals surface area contributed by atoms with Gasteiger partial charge in [0.25, 0.3) is 5.91 Å². The van der Waals surface area contributed by atoms with Crippen LogP contribution in [-0.2, 0) is 4.79 Å². The number of H-pyrrole nitrogens is 1. The van der Waals surface area contributed by atoms with E-state index in [1.54, 1.807) is 6.07 Å². The van der Waals surface area contributed by atoms with Crippen LogP contribution in [0.15, 0.2) is 6.07 Å². The summed E-state index contributed by atoms with van der Waals surface area (Å²) in [6.07, 6.45) is 3.35. The Kier molecular flexibility index (Phi) is 2.57.